The number of imidazole rings is 1. The molecule has 0 saturated heterocycles. The predicted octanol–water partition coefficient (Wildman–Crippen LogP) is 0.570. The first-order valence-corrected chi connectivity index (χ1v) is 4.11. The second kappa shape index (κ2) is 3.41. The molecule has 0 spiro atoms. The van der Waals surface area contributed by atoms with Crippen LogP contribution in [-0.2, 0) is 4.74 Å². The van der Waals surface area contributed by atoms with Crippen LogP contribution in [0.5, 0.6) is 0 Å². The Kier molecular flexibility index (Phi) is 2.09. The molecule has 0 fully saturated rings. The molecule has 1 amide bonds. The summed E-state index contributed by atoms with van der Waals surface area (Å²) in [5, 5.41) is 0. The van der Waals surface area contributed by atoms with Crippen LogP contribution in [0.3, 0.4) is 0 Å². The summed E-state index contributed by atoms with van der Waals surface area (Å²) in [7, 11) is 0. The van der Waals surface area contributed by atoms with Gasteiger partial charge in [-0.1, -0.05) is 0 Å². The highest BCUT2D eigenvalue weighted by Crippen LogP contribution is 2.05. The van der Waals surface area contributed by atoms with Gasteiger partial charge in [-0.05, 0) is 12.1 Å². The van der Waals surface area contributed by atoms with Gasteiger partial charge in [-0.15, -0.1) is 0 Å². The van der Waals surface area contributed by atoms with Crippen molar-refractivity contribution in [2.45, 2.75) is 0 Å². The van der Waals surface area contributed by atoms with Crippen LogP contribution in [-0.4, -0.2) is 21.4 Å². The van der Waals surface area contributed by atoms with Gasteiger partial charge in [0.15, 0.2) is 0 Å². The molecule has 0 aliphatic rings. The summed E-state index contributed by atoms with van der Waals surface area (Å²) in [4.78, 5) is 25.6. The van der Waals surface area contributed by atoms with Gasteiger partial charge in [0, 0.05) is 18.6 Å². The average molecular weight is 205 g/mol. The monoisotopic (exact) mass is 205 g/mol. The Balaban J connectivity index is 2.35. The van der Waals surface area contributed by atoms with Gasteiger partial charge in [0.05, 0.1) is 5.56 Å². The van der Waals surface area contributed by atoms with E-state index in [4.69, 9.17) is 5.73 Å². The Morgan fingerprint density at radius 1 is 1.40 bits per heavy atom. The molecule has 15 heavy (non-hydrogen) atoms. The van der Waals surface area contributed by atoms with E-state index in [9.17, 15) is 9.59 Å². The van der Waals surface area contributed by atoms with Crippen molar-refractivity contribution in [3.05, 3.63) is 36.3 Å². The van der Waals surface area contributed by atoms with Crippen LogP contribution in [0.1, 0.15) is 10.4 Å². The van der Waals surface area contributed by atoms with Gasteiger partial charge in [-0.2, -0.15) is 0 Å². The molecule has 2 N–H and O–H groups in total. The highest BCUT2D eigenvalue weighted by atomic mass is 16.6. The maximum Gasteiger partial charge on any atom is 0.412 e. The van der Waals surface area contributed by atoms with Crippen LogP contribution in [0.25, 0.3) is 5.65 Å². The lowest BCUT2D eigenvalue weighted by molar-refractivity contribution is 0.0638. The summed E-state index contributed by atoms with van der Waals surface area (Å²) in [6.45, 7) is 0. The fourth-order valence-corrected chi connectivity index (χ4v) is 1.19. The van der Waals surface area contributed by atoms with Crippen molar-refractivity contribution < 1.29 is 14.3 Å². The van der Waals surface area contributed by atoms with Gasteiger partial charge in [0.2, 0.25) is 0 Å². The van der Waals surface area contributed by atoms with E-state index in [-0.39, 0.29) is 5.56 Å². The van der Waals surface area contributed by atoms with E-state index in [1.165, 1.54) is 12.3 Å². The lowest BCUT2D eigenvalue weighted by Gasteiger charge is -2.00. The number of pyridine rings is 1. The van der Waals surface area contributed by atoms with Crippen molar-refractivity contribution in [3.63, 3.8) is 0 Å². The highest BCUT2D eigenvalue weighted by molar-refractivity contribution is 5.95. The van der Waals surface area contributed by atoms with E-state index in [1.54, 1.807) is 22.9 Å². The molecule has 0 radical (unpaired) electrons. The third-order valence-corrected chi connectivity index (χ3v) is 1.82. The zero-order valence-electron chi connectivity index (χ0n) is 7.58. The number of fused-ring (bicyclic) bond motifs is 1. The first-order chi connectivity index (χ1) is 7.16. The maximum absolute atomic E-state index is 11.3. The van der Waals surface area contributed by atoms with E-state index >= 15 is 0 Å². The first kappa shape index (κ1) is 9.20. The third kappa shape index (κ3) is 1.78. The molecule has 2 aromatic rings. The normalized spacial score (nSPS) is 10.1. The molecular formula is C9H7N3O3. The molecule has 0 aliphatic carbocycles. The number of rotatable bonds is 1. The van der Waals surface area contributed by atoms with E-state index in [2.05, 4.69) is 9.72 Å². The molecule has 0 aromatic carbocycles. The summed E-state index contributed by atoms with van der Waals surface area (Å²) in [6.07, 6.45) is 3.66. The molecule has 2 aromatic heterocycles. The smallest absolute Gasteiger partial charge is 0.373 e. The molecule has 2 heterocycles. The standard InChI is InChI=1S/C9H7N3O3/c10-9(14)15-8(13)6-1-2-7-11-3-4-12(7)5-6/h1-5H,(H2,10,14). The first-order valence-electron chi connectivity index (χ1n) is 4.11. The van der Waals surface area contributed by atoms with Crippen LogP contribution in [0.4, 0.5) is 4.79 Å². The Morgan fingerprint density at radius 2 is 2.20 bits per heavy atom. The summed E-state index contributed by atoms with van der Waals surface area (Å²) >= 11 is 0. The quantitative estimate of drug-likeness (QED) is 0.544. The predicted molar refractivity (Wildman–Crippen MR) is 50.2 cm³/mol. The van der Waals surface area contributed by atoms with Gasteiger partial charge in [-0.3, -0.25) is 0 Å². The number of carbonyl (C=O) groups is 2. The maximum atomic E-state index is 11.3. The van der Waals surface area contributed by atoms with Gasteiger partial charge in [0.1, 0.15) is 5.65 Å². The van der Waals surface area contributed by atoms with Crippen LogP contribution in [0, 0.1) is 0 Å². The molecular weight excluding hydrogens is 198 g/mol. The van der Waals surface area contributed by atoms with Crippen LogP contribution in [0.2, 0.25) is 0 Å². The van der Waals surface area contributed by atoms with Crippen LogP contribution < -0.4 is 5.73 Å². The highest BCUT2D eigenvalue weighted by Gasteiger charge is 2.10. The Hall–Kier alpha value is -2.37. The van der Waals surface area contributed by atoms with Crippen LogP contribution >= 0.6 is 0 Å². The number of hydrogen-bond donors (Lipinski definition) is 1. The molecule has 0 atom stereocenters. The minimum Gasteiger partial charge on any atom is -0.373 e. The van der Waals surface area contributed by atoms with E-state index in [0.29, 0.717) is 5.65 Å². The van der Waals surface area contributed by atoms with Crippen molar-refractivity contribution in [1.29, 1.82) is 0 Å². The second-order valence-corrected chi connectivity index (χ2v) is 2.82. The summed E-state index contributed by atoms with van der Waals surface area (Å²) in [5.41, 5.74) is 5.66. The molecule has 6 heteroatoms. The molecule has 0 aliphatic heterocycles. The number of amides is 1. The molecule has 0 bridgehead atoms. The Morgan fingerprint density at radius 3 is 2.93 bits per heavy atom. The van der Waals surface area contributed by atoms with E-state index in [0.717, 1.165) is 0 Å². The second-order valence-electron chi connectivity index (χ2n) is 2.82. The van der Waals surface area contributed by atoms with Crippen molar-refractivity contribution >= 4 is 17.7 Å². The van der Waals surface area contributed by atoms with Crippen molar-refractivity contribution in [3.8, 4) is 0 Å². The van der Waals surface area contributed by atoms with Crippen molar-refractivity contribution in [2.24, 2.45) is 5.73 Å². The summed E-state index contributed by atoms with van der Waals surface area (Å²) < 4.78 is 5.86. The van der Waals surface area contributed by atoms with Gasteiger partial charge >= 0.3 is 12.1 Å². The zero-order valence-corrected chi connectivity index (χ0v) is 7.58. The molecule has 76 valence electrons. The topological polar surface area (TPSA) is 86.7 Å². The van der Waals surface area contributed by atoms with Gasteiger partial charge in [0.25, 0.3) is 0 Å². The third-order valence-electron chi connectivity index (χ3n) is 1.82. The largest absolute Gasteiger partial charge is 0.412 e. The SMILES string of the molecule is NC(=O)OC(=O)c1ccc2nccn2c1. The van der Waals surface area contributed by atoms with Crippen molar-refractivity contribution in [2.75, 3.05) is 0 Å². The number of ether oxygens (including phenoxy) is 1. The zero-order chi connectivity index (χ0) is 10.8. The molecule has 2 rings (SSSR count). The fourth-order valence-electron chi connectivity index (χ4n) is 1.19. The van der Waals surface area contributed by atoms with Crippen LogP contribution in [0.15, 0.2) is 30.7 Å². The van der Waals surface area contributed by atoms with Crippen molar-refractivity contribution in [1.82, 2.24) is 9.38 Å². The fraction of sp³-hybridized carbons (Fsp3) is 0. The molecule has 6 nitrogen and oxygen atoms in total. The van der Waals surface area contributed by atoms with Gasteiger partial charge < -0.3 is 14.9 Å². The molecule has 0 unspecified atom stereocenters. The van der Waals surface area contributed by atoms with E-state index in [1.807, 2.05) is 0 Å². The molecule has 0 saturated carbocycles. The van der Waals surface area contributed by atoms with E-state index < -0.39 is 12.1 Å². The number of esters is 1. The average Bonchev–Trinajstić information content (AvgIpc) is 2.62. The number of nitrogens with two attached hydrogens (primary N) is 1. The lowest BCUT2D eigenvalue weighted by Crippen LogP contribution is -2.18. The lowest BCUT2D eigenvalue weighted by atomic mass is 10.3. The Bertz CT molecular complexity index is 532. The number of aromatic nitrogens is 2. The number of carbonyl (C=O) groups excluding carboxylic acids is 2. The minimum atomic E-state index is -1.12. The number of hydrogen-bond acceptors (Lipinski definition) is 4. The summed E-state index contributed by atoms with van der Waals surface area (Å²) in [6, 6.07) is 3.14. The summed E-state index contributed by atoms with van der Waals surface area (Å²) in [5.74, 6) is -0.780. The number of primary amides is 1. The Labute approximate surface area is 84.3 Å². The van der Waals surface area contributed by atoms with Gasteiger partial charge in [-0.25, -0.2) is 14.6 Å². The minimum absolute atomic E-state index is 0.235. The number of nitrogens with zero attached hydrogens (tertiary/aromatic N) is 2.